The van der Waals surface area contributed by atoms with Crippen molar-refractivity contribution in [2.75, 3.05) is 0 Å². The molecule has 0 fully saturated rings. The number of fused-ring (bicyclic) bond motifs is 1. The van der Waals surface area contributed by atoms with Gasteiger partial charge in [0.25, 0.3) is 0 Å². The minimum Gasteiger partial charge on any atom is -0.441 e. The van der Waals surface area contributed by atoms with Crippen molar-refractivity contribution in [2.24, 2.45) is 0 Å². The van der Waals surface area contributed by atoms with E-state index < -0.39 is 0 Å². The first-order valence-corrected chi connectivity index (χ1v) is 4.84. The zero-order valence-electron chi connectivity index (χ0n) is 9.50. The topological polar surface area (TPSA) is 26.0 Å². The van der Waals surface area contributed by atoms with Crippen molar-refractivity contribution in [3.05, 3.63) is 29.7 Å². The van der Waals surface area contributed by atoms with Crippen LogP contribution in [0, 0.1) is 6.92 Å². The van der Waals surface area contributed by atoms with Crippen molar-refractivity contribution in [1.82, 2.24) is 4.98 Å². The van der Waals surface area contributed by atoms with Gasteiger partial charge in [0.2, 0.25) is 0 Å². The Labute approximate surface area is 107 Å². The Bertz CT molecular complexity index is 468. The summed E-state index contributed by atoms with van der Waals surface area (Å²) in [6.07, 6.45) is 0. The highest BCUT2D eigenvalue weighted by Crippen LogP contribution is 2.25. The first kappa shape index (κ1) is 12.5. The van der Waals surface area contributed by atoms with Crippen LogP contribution >= 0.6 is 24.0 Å². The molecular weight excluding hydrogens is 301 g/mol. The molecule has 0 radical (unpaired) electrons. The molecule has 3 heteroatoms. The lowest BCUT2D eigenvalue weighted by atomic mass is 9.87. The fourth-order valence-corrected chi connectivity index (χ4v) is 1.51. The van der Waals surface area contributed by atoms with Gasteiger partial charge < -0.3 is 4.42 Å². The first-order chi connectivity index (χ1) is 6.47. The highest BCUT2D eigenvalue weighted by atomic mass is 127. The Hall–Kier alpha value is -0.580. The fraction of sp³-hybridized carbons (Fsp3) is 0.417. The largest absolute Gasteiger partial charge is 0.441 e. The van der Waals surface area contributed by atoms with Crippen LogP contribution in [-0.4, -0.2) is 4.98 Å². The fourth-order valence-electron chi connectivity index (χ4n) is 1.51. The van der Waals surface area contributed by atoms with Gasteiger partial charge in [-0.25, -0.2) is 4.98 Å². The maximum atomic E-state index is 5.42. The third-order valence-electron chi connectivity index (χ3n) is 2.36. The summed E-state index contributed by atoms with van der Waals surface area (Å²) in [5.74, 6) is 0.728. The van der Waals surface area contributed by atoms with Gasteiger partial charge in [-0.2, -0.15) is 0 Å². The number of hydrogen-bond acceptors (Lipinski definition) is 2. The molecule has 0 N–H and O–H groups in total. The number of nitrogens with zero attached hydrogens (tertiary/aromatic N) is 1. The lowest BCUT2D eigenvalue weighted by molar-refractivity contribution is 0.560. The van der Waals surface area contributed by atoms with E-state index in [1.165, 1.54) is 5.56 Å². The van der Waals surface area contributed by atoms with E-state index in [1.807, 2.05) is 13.0 Å². The monoisotopic (exact) mass is 317 g/mol. The summed E-state index contributed by atoms with van der Waals surface area (Å²) in [6.45, 7) is 8.46. The van der Waals surface area contributed by atoms with Gasteiger partial charge in [0.15, 0.2) is 11.5 Å². The van der Waals surface area contributed by atoms with Gasteiger partial charge in [0.1, 0.15) is 5.52 Å². The molecule has 1 aromatic carbocycles. The van der Waals surface area contributed by atoms with Crippen LogP contribution in [0.25, 0.3) is 11.1 Å². The van der Waals surface area contributed by atoms with Crippen LogP contribution in [0.2, 0.25) is 0 Å². The number of hydrogen-bond donors (Lipinski definition) is 0. The van der Waals surface area contributed by atoms with Crippen molar-refractivity contribution in [3.63, 3.8) is 0 Å². The van der Waals surface area contributed by atoms with E-state index in [0.29, 0.717) is 0 Å². The van der Waals surface area contributed by atoms with Crippen LogP contribution in [0.1, 0.15) is 32.2 Å². The highest BCUT2D eigenvalue weighted by molar-refractivity contribution is 14.0. The zero-order chi connectivity index (χ0) is 10.3. The Balaban J connectivity index is 0.00000112. The molecule has 0 unspecified atom stereocenters. The zero-order valence-corrected chi connectivity index (χ0v) is 11.8. The average molecular weight is 317 g/mol. The van der Waals surface area contributed by atoms with Crippen LogP contribution < -0.4 is 0 Å². The highest BCUT2D eigenvalue weighted by Gasteiger charge is 2.14. The predicted octanol–water partition coefficient (Wildman–Crippen LogP) is 4.05. The Morgan fingerprint density at radius 2 is 1.87 bits per heavy atom. The number of benzene rings is 1. The van der Waals surface area contributed by atoms with Gasteiger partial charge in [-0.1, -0.05) is 26.8 Å². The third-order valence-corrected chi connectivity index (χ3v) is 2.36. The van der Waals surface area contributed by atoms with Crippen LogP contribution in [0.4, 0.5) is 0 Å². The normalized spacial score (nSPS) is 11.5. The minimum atomic E-state index is 0. The molecule has 0 aliphatic rings. The van der Waals surface area contributed by atoms with Crippen LogP contribution in [0.5, 0.6) is 0 Å². The van der Waals surface area contributed by atoms with Crippen molar-refractivity contribution in [1.29, 1.82) is 0 Å². The first-order valence-electron chi connectivity index (χ1n) is 4.84. The molecule has 15 heavy (non-hydrogen) atoms. The minimum absolute atomic E-state index is 0. The number of aromatic nitrogens is 1. The van der Waals surface area contributed by atoms with Crippen molar-refractivity contribution in [3.8, 4) is 0 Å². The molecule has 0 amide bonds. The summed E-state index contributed by atoms with van der Waals surface area (Å²) in [6, 6.07) is 6.20. The van der Waals surface area contributed by atoms with Crippen molar-refractivity contribution >= 4 is 35.1 Å². The van der Waals surface area contributed by atoms with Crippen LogP contribution in [0.3, 0.4) is 0 Å². The second-order valence-electron chi connectivity index (χ2n) is 4.67. The third kappa shape index (κ3) is 2.51. The number of halogens is 1. The molecule has 1 heterocycles. The maximum absolute atomic E-state index is 5.42. The van der Waals surface area contributed by atoms with E-state index in [4.69, 9.17) is 4.42 Å². The van der Waals surface area contributed by atoms with E-state index in [9.17, 15) is 0 Å². The molecule has 0 saturated heterocycles. The Morgan fingerprint density at radius 3 is 2.47 bits per heavy atom. The van der Waals surface area contributed by atoms with E-state index in [2.05, 4.69) is 37.9 Å². The number of rotatable bonds is 0. The smallest absolute Gasteiger partial charge is 0.192 e. The van der Waals surface area contributed by atoms with Crippen molar-refractivity contribution < 1.29 is 4.42 Å². The number of aryl methyl sites for hydroxylation is 1. The summed E-state index contributed by atoms with van der Waals surface area (Å²) >= 11 is 0. The lowest BCUT2D eigenvalue weighted by Crippen LogP contribution is -2.10. The molecule has 1 aromatic heterocycles. The van der Waals surface area contributed by atoms with E-state index in [-0.39, 0.29) is 29.4 Å². The lowest BCUT2D eigenvalue weighted by Gasteiger charge is -2.18. The second kappa shape index (κ2) is 4.12. The maximum Gasteiger partial charge on any atom is 0.192 e. The van der Waals surface area contributed by atoms with E-state index in [1.54, 1.807) is 0 Å². The molecule has 0 atom stereocenters. The molecule has 0 aliphatic carbocycles. The van der Waals surface area contributed by atoms with E-state index >= 15 is 0 Å². The number of oxazole rings is 1. The SMILES string of the molecule is Cc1nc2cc(C(C)(C)C)ccc2o1.I. The van der Waals surface area contributed by atoms with Crippen molar-refractivity contribution in [2.45, 2.75) is 33.1 Å². The quantitative estimate of drug-likeness (QED) is 0.685. The molecule has 2 aromatic rings. The molecular formula is C12H16INO. The summed E-state index contributed by atoms with van der Waals surface area (Å²) in [4.78, 5) is 4.32. The summed E-state index contributed by atoms with van der Waals surface area (Å²) in [5.41, 5.74) is 3.28. The summed E-state index contributed by atoms with van der Waals surface area (Å²) in [5, 5.41) is 0. The van der Waals surface area contributed by atoms with Gasteiger partial charge in [0, 0.05) is 6.92 Å². The van der Waals surface area contributed by atoms with Gasteiger partial charge in [-0.3, -0.25) is 0 Å². The van der Waals surface area contributed by atoms with Gasteiger partial charge in [-0.15, -0.1) is 24.0 Å². The Morgan fingerprint density at radius 1 is 1.20 bits per heavy atom. The van der Waals surface area contributed by atoms with Crippen LogP contribution in [0.15, 0.2) is 22.6 Å². The molecule has 0 saturated carbocycles. The molecule has 0 bridgehead atoms. The second-order valence-corrected chi connectivity index (χ2v) is 4.67. The Kier molecular flexibility index (Phi) is 3.43. The molecule has 82 valence electrons. The molecule has 2 rings (SSSR count). The van der Waals surface area contributed by atoms with Gasteiger partial charge >= 0.3 is 0 Å². The summed E-state index contributed by atoms with van der Waals surface area (Å²) in [7, 11) is 0. The summed E-state index contributed by atoms with van der Waals surface area (Å²) < 4.78 is 5.42. The van der Waals surface area contributed by atoms with Gasteiger partial charge in [-0.05, 0) is 23.1 Å². The standard InChI is InChI=1S/C12H15NO.HI/c1-8-13-10-7-9(12(2,3)4)5-6-11(10)14-8;/h5-7H,1-4H3;1H. The molecule has 0 aliphatic heterocycles. The predicted molar refractivity (Wildman–Crippen MR) is 72.9 cm³/mol. The van der Waals surface area contributed by atoms with E-state index in [0.717, 1.165) is 17.0 Å². The molecule has 0 spiro atoms. The van der Waals surface area contributed by atoms with Crippen LogP contribution in [-0.2, 0) is 5.41 Å². The average Bonchev–Trinajstić information content (AvgIpc) is 2.41. The molecule has 2 nitrogen and oxygen atoms in total. The van der Waals surface area contributed by atoms with Gasteiger partial charge in [0.05, 0.1) is 0 Å².